The van der Waals surface area contributed by atoms with Crippen LogP contribution < -0.4 is 15.6 Å². The van der Waals surface area contributed by atoms with Gasteiger partial charge < -0.3 is 9.64 Å². The zero-order valence-electron chi connectivity index (χ0n) is 18.0. The van der Waals surface area contributed by atoms with Crippen LogP contribution in [-0.2, 0) is 10.0 Å². The largest absolute Gasteiger partial charge is 0.490 e. The number of urea groups is 1. The molecule has 1 heterocycles. The van der Waals surface area contributed by atoms with E-state index in [1.165, 1.54) is 24.1 Å². The number of rotatable bonds is 5. The Morgan fingerprint density at radius 1 is 1.03 bits per heavy atom. The Bertz CT molecular complexity index is 1160. The normalized spacial score (nSPS) is 14.4. The molecule has 33 heavy (non-hydrogen) atoms. The first-order valence-electron chi connectivity index (χ1n) is 9.88. The van der Waals surface area contributed by atoms with E-state index in [-0.39, 0.29) is 36.8 Å². The van der Waals surface area contributed by atoms with Crippen LogP contribution in [0.2, 0.25) is 0 Å². The fourth-order valence-corrected chi connectivity index (χ4v) is 4.66. The number of nitrogens with one attached hydrogen (secondary N) is 2. The molecule has 0 spiro atoms. The fourth-order valence-electron chi connectivity index (χ4n) is 3.22. The van der Waals surface area contributed by atoms with Crippen molar-refractivity contribution in [2.24, 2.45) is 0 Å². The zero-order chi connectivity index (χ0) is 24.2. The van der Waals surface area contributed by atoms with Crippen LogP contribution in [0.5, 0.6) is 5.75 Å². The van der Waals surface area contributed by atoms with Gasteiger partial charge in [0.25, 0.3) is 5.91 Å². The average Bonchev–Trinajstić information content (AvgIpc) is 2.82. The standard InChI is InChI=1S/C20H23N5O7S/c1-14-3-5-15(6-4-14)19(26)21-22-20(27)23-9-11-24(12-10-23)33(30,31)16-7-8-18(32-2)17(13-16)25(28)29/h3-8,13H,9-12H2,1-2H3,(H,21,26)(H,22,27). The number of hydrazine groups is 1. The minimum atomic E-state index is -4.01. The van der Waals surface area contributed by atoms with E-state index in [2.05, 4.69) is 10.9 Å². The maximum absolute atomic E-state index is 12.9. The topological polar surface area (TPSA) is 151 Å². The molecule has 3 amide bonds. The number of sulfonamides is 1. The Morgan fingerprint density at radius 2 is 1.67 bits per heavy atom. The number of piperazine rings is 1. The molecule has 2 N–H and O–H groups in total. The van der Waals surface area contributed by atoms with Gasteiger partial charge in [-0.1, -0.05) is 17.7 Å². The summed E-state index contributed by atoms with van der Waals surface area (Å²) in [5.74, 6) is -0.529. The van der Waals surface area contributed by atoms with Crippen LogP contribution in [0.4, 0.5) is 10.5 Å². The van der Waals surface area contributed by atoms with E-state index in [1.807, 2.05) is 6.92 Å². The Hall–Kier alpha value is -3.71. The Labute approximate surface area is 190 Å². The van der Waals surface area contributed by atoms with Crippen LogP contribution in [0.3, 0.4) is 0 Å². The number of amides is 3. The number of methoxy groups -OCH3 is 1. The molecule has 0 unspecified atom stereocenters. The quantitative estimate of drug-likeness (QED) is 0.486. The second kappa shape index (κ2) is 9.83. The molecule has 12 nitrogen and oxygen atoms in total. The minimum absolute atomic E-state index is 0.0124. The van der Waals surface area contributed by atoms with Gasteiger partial charge in [0.15, 0.2) is 5.75 Å². The van der Waals surface area contributed by atoms with Gasteiger partial charge in [0.2, 0.25) is 10.0 Å². The maximum atomic E-state index is 12.9. The summed E-state index contributed by atoms with van der Waals surface area (Å²) in [6, 6.07) is 9.64. The van der Waals surface area contributed by atoms with E-state index in [1.54, 1.807) is 24.3 Å². The molecule has 0 aromatic heterocycles. The van der Waals surface area contributed by atoms with Gasteiger partial charge in [0, 0.05) is 37.8 Å². The van der Waals surface area contributed by atoms with Gasteiger partial charge in [-0.2, -0.15) is 4.31 Å². The Morgan fingerprint density at radius 3 is 2.24 bits per heavy atom. The van der Waals surface area contributed by atoms with E-state index in [0.29, 0.717) is 5.56 Å². The molecule has 13 heteroatoms. The number of hydrogen-bond donors (Lipinski definition) is 2. The van der Waals surface area contributed by atoms with E-state index in [4.69, 9.17) is 4.74 Å². The summed E-state index contributed by atoms with van der Waals surface area (Å²) in [4.78, 5) is 36.1. The number of carbonyl (C=O) groups is 2. The summed E-state index contributed by atoms with van der Waals surface area (Å²) in [7, 11) is -2.76. The smallest absolute Gasteiger partial charge is 0.336 e. The van der Waals surface area contributed by atoms with Gasteiger partial charge >= 0.3 is 11.7 Å². The number of nitrogens with zero attached hydrogens (tertiary/aromatic N) is 3. The summed E-state index contributed by atoms with van der Waals surface area (Å²) in [5, 5.41) is 11.2. The lowest BCUT2D eigenvalue weighted by atomic mass is 10.1. The maximum Gasteiger partial charge on any atom is 0.336 e. The molecule has 1 fully saturated rings. The molecule has 3 rings (SSSR count). The van der Waals surface area contributed by atoms with Crippen molar-refractivity contribution in [2.45, 2.75) is 11.8 Å². The van der Waals surface area contributed by atoms with Gasteiger partial charge in [0.1, 0.15) is 0 Å². The lowest BCUT2D eigenvalue weighted by Gasteiger charge is -2.33. The predicted octanol–water partition coefficient (Wildman–Crippen LogP) is 1.27. The number of hydrogen-bond acceptors (Lipinski definition) is 7. The monoisotopic (exact) mass is 477 g/mol. The minimum Gasteiger partial charge on any atom is -0.490 e. The SMILES string of the molecule is COc1ccc(S(=O)(=O)N2CCN(C(=O)NNC(=O)c3ccc(C)cc3)CC2)cc1[N+](=O)[O-]. The van der Waals surface area contributed by atoms with Crippen molar-refractivity contribution in [1.82, 2.24) is 20.1 Å². The second-order valence-corrected chi connectivity index (χ2v) is 9.17. The summed E-state index contributed by atoms with van der Waals surface area (Å²) in [5.41, 5.74) is 5.55. The van der Waals surface area contributed by atoms with Crippen molar-refractivity contribution in [3.63, 3.8) is 0 Å². The van der Waals surface area contributed by atoms with Crippen LogP contribution in [0, 0.1) is 17.0 Å². The number of benzene rings is 2. The lowest BCUT2D eigenvalue weighted by molar-refractivity contribution is -0.386. The van der Waals surface area contributed by atoms with Gasteiger partial charge in [-0.05, 0) is 31.2 Å². The zero-order valence-corrected chi connectivity index (χ0v) is 18.8. The van der Waals surface area contributed by atoms with Crippen molar-refractivity contribution in [3.8, 4) is 5.75 Å². The van der Waals surface area contributed by atoms with Crippen LogP contribution in [0.25, 0.3) is 0 Å². The van der Waals surface area contributed by atoms with Crippen LogP contribution in [0.15, 0.2) is 47.4 Å². The number of nitro benzene ring substituents is 1. The third-order valence-corrected chi connectivity index (χ3v) is 7.00. The molecular weight excluding hydrogens is 454 g/mol. The highest BCUT2D eigenvalue weighted by Crippen LogP contribution is 2.30. The van der Waals surface area contributed by atoms with Gasteiger partial charge in [-0.15, -0.1) is 0 Å². The molecule has 2 aromatic rings. The van der Waals surface area contributed by atoms with Crippen molar-refractivity contribution in [2.75, 3.05) is 33.3 Å². The first kappa shape index (κ1) is 23.9. The number of carbonyl (C=O) groups excluding carboxylic acids is 2. The van der Waals surface area contributed by atoms with E-state index in [9.17, 15) is 28.1 Å². The highest BCUT2D eigenvalue weighted by Gasteiger charge is 2.32. The third-order valence-electron chi connectivity index (χ3n) is 5.11. The molecule has 0 radical (unpaired) electrons. The van der Waals surface area contributed by atoms with E-state index in [0.717, 1.165) is 15.9 Å². The molecule has 1 aliphatic rings. The lowest BCUT2D eigenvalue weighted by Crippen LogP contribution is -2.56. The third kappa shape index (κ3) is 5.38. The van der Waals surface area contributed by atoms with Crippen molar-refractivity contribution in [1.29, 1.82) is 0 Å². The first-order valence-corrected chi connectivity index (χ1v) is 11.3. The van der Waals surface area contributed by atoms with E-state index < -0.39 is 32.6 Å². The molecule has 0 saturated carbocycles. The van der Waals surface area contributed by atoms with Gasteiger partial charge in [-0.25, -0.2) is 18.6 Å². The van der Waals surface area contributed by atoms with E-state index >= 15 is 0 Å². The summed E-state index contributed by atoms with van der Waals surface area (Å²) >= 11 is 0. The molecule has 176 valence electrons. The molecule has 1 saturated heterocycles. The summed E-state index contributed by atoms with van der Waals surface area (Å²) in [6.45, 7) is 2.01. The molecule has 0 aliphatic carbocycles. The molecule has 0 bridgehead atoms. The number of ether oxygens (including phenoxy) is 1. The molecule has 0 atom stereocenters. The average molecular weight is 477 g/mol. The highest BCUT2D eigenvalue weighted by molar-refractivity contribution is 7.89. The second-order valence-electron chi connectivity index (χ2n) is 7.23. The highest BCUT2D eigenvalue weighted by atomic mass is 32.2. The fraction of sp³-hybridized carbons (Fsp3) is 0.300. The predicted molar refractivity (Wildman–Crippen MR) is 117 cm³/mol. The van der Waals surface area contributed by atoms with Crippen molar-refractivity contribution in [3.05, 3.63) is 63.7 Å². The summed E-state index contributed by atoms with van der Waals surface area (Å²) in [6.07, 6.45) is 0. The number of nitro groups is 1. The molecule has 2 aromatic carbocycles. The van der Waals surface area contributed by atoms with Crippen LogP contribution in [-0.4, -0.2) is 67.8 Å². The molecule has 1 aliphatic heterocycles. The summed E-state index contributed by atoms with van der Waals surface area (Å²) < 4.78 is 31.9. The van der Waals surface area contributed by atoms with Crippen molar-refractivity contribution < 1.29 is 27.7 Å². The van der Waals surface area contributed by atoms with Crippen LogP contribution in [0.1, 0.15) is 15.9 Å². The molecular formula is C20H23N5O7S. The van der Waals surface area contributed by atoms with Crippen LogP contribution >= 0.6 is 0 Å². The van der Waals surface area contributed by atoms with Gasteiger partial charge in [0.05, 0.1) is 16.9 Å². The Kier molecular flexibility index (Phi) is 7.13. The Balaban J connectivity index is 1.59. The van der Waals surface area contributed by atoms with Gasteiger partial charge in [-0.3, -0.25) is 20.3 Å². The van der Waals surface area contributed by atoms with Crippen molar-refractivity contribution >= 4 is 27.6 Å². The number of aryl methyl sites for hydroxylation is 1. The first-order chi connectivity index (χ1) is 15.6.